The molecule has 0 spiro atoms. The van der Waals surface area contributed by atoms with E-state index in [9.17, 15) is 0 Å². The Hall–Kier alpha value is -1.87. The summed E-state index contributed by atoms with van der Waals surface area (Å²) in [5, 5.41) is 0. The molecule has 0 fully saturated rings. The minimum absolute atomic E-state index is 0.00568. The fraction of sp³-hybridized carbons (Fsp3) is 0.389. The van der Waals surface area contributed by atoms with Crippen LogP contribution in [0.4, 0.5) is 0 Å². The summed E-state index contributed by atoms with van der Waals surface area (Å²) in [6.07, 6.45) is 3.75. The molecular weight excluding hydrogens is 260 g/mol. The lowest BCUT2D eigenvalue weighted by Crippen LogP contribution is -2.10. The van der Waals surface area contributed by atoms with Gasteiger partial charge in [-0.3, -0.25) is 4.98 Å². The van der Waals surface area contributed by atoms with Gasteiger partial charge in [0.25, 0.3) is 0 Å². The van der Waals surface area contributed by atoms with Crippen LogP contribution in [0.15, 0.2) is 42.6 Å². The van der Waals surface area contributed by atoms with Crippen LogP contribution < -0.4 is 10.5 Å². The van der Waals surface area contributed by atoms with Gasteiger partial charge in [0.2, 0.25) is 0 Å². The molecule has 3 heteroatoms. The van der Waals surface area contributed by atoms with Gasteiger partial charge < -0.3 is 10.5 Å². The molecule has 0 saturated heterocycles. The first-order chi connectivity index (χ1) is 10.1. The second kappa shape index (κ2) is 7.23. The summed E-state index contributed by atoms with van der Waals surface area (Å²) in [6, 6.07) is 12.1. The topological polar surface area (TPSA) is 48.1 Å². The molecule has 0 saturated carbocycles. The van der Waals surface area contributed by atoms with Crippen molar-refractivity contribution in [2.24, 2.45) is 5.73 Å². The lowest BCUT2D eigenvalue weighted by Gasteiger charge is -2.11. The van der Waals surface area contributed by atoms with Crippen molar-refractivity contribution in [3.05, 3.63) is 53.9 Å². The van der Waals surface area contributed by atoms with E-state index >= 15 is 0 Å². The van der Waals surface area contributed by atoms with Gasteiger partial charge in [-0.2, -0.15) is 0 Å². The largest absolute Gasteiger partial charge is 0.456 e. The zero-order chi connectivity index (χ0) is 15.2. The molecule has 1 aromatic heterocycles. The molecule has 0 bridgehead atoms. The first-order valence-corrected chi connectivity index (χ1v) is 7.63. The summed E-state index contributed by atoms with van der Waals surface area (Å²) in [4.78, 5) is 4.35. The molecule has 21 heavy (non-hydrogen) atoms. The third kappa shape index (κ3) is 4.05. The number of aromatic nitrogens is 1. The smallest absolute Gasteiger partial charge is 0.145 e. The molecule has 2 aromatic rings. The van der Waals surface area contributed by atoms with Crippen LogP contribution in [-0.4, -0.2) is 4.98 Å². The van der Waals surface area contributed by atoms with E-state index in [1.54, 1.807) is 6.20 Å². The molecule has 0 aliphatic heterocycles. The Labute approximate surface area is 127 Å². The number of hydrogen-bond acceptors (Lipinski definition) is 3. The van der Waals surface area contributed by atoms with E-state index in [1.165, 1.54) is 5.56 Å². The predicted octanol–water partition coefficient (Wildman–Crippen LogP) is 4.80. The van der Waals surface area contributed by atoms with Crippen LogP contribution in [0.3, 0.4) is 0 Å². The van der Waals surface area contributed by atoms with Gasteiger partial charge in [0, 0.05) is 6.04 Å². The third-order valence-corrected chi connectivity index (χ3v) is 3.88. The second-order valence-corrected chi connectivity index (χ2v) is 5.41. The lowest BCUT2D eigenvalue weighted by molar-refractivity contribution is 0.478. The van der Waals surface area contributed by atoms with Crippen molar-refractivity contribution in [3.8, 4) is 11.5 Å². The molecule has 2 atom stereocenters. The SMILES string of the molecule is CCC(C)c1ccc(Oc2ccc([C@@H](N)CC)nc2)cc1. The number of ether oxygens (including phenoxy) is 1. The highest BCUT2D eigenvalue weighted by Gasteiger charge is 2.06. The Balaban J connectivity index is 2.04. The average molecular weight is 284 g/mol. The predicted molar refractivity (Wildman–Crippen MR) is 86.7 cm³/mol. The molecule has 1 aromatic carbocycles. The number of nitrogens with zero attached hydrogens (tertiary/aromatic N) is 1. The van der Waals surface area contributed by atoms with Gasteiger partial charge in [-0.25, -0.2) is 0 Å². The minimum Gasteiger partial charge on any atom is -0.456 e. The summed E-state index contributed by atoms with van der Waals surface area (Å²) in [7, 11) is 0. The van der Waals surface area contributed by atoms with E-state index < -0.39 is 0 Å². The van der Waals surface area contributed by atoms with Crippen molar-refractivity contribution >= 4 is 0 Å². The average Bonchev–Trinajstić information content (AvgIpc) is 2.55. The highest BCUT2D eigenvalue weighted by Crippen LogP contribution is 2.25. The molecule has 1 heterocycles. The Bertz CT molecular complexity index is 497. The minimum atomic E-state index is -0.00568. The van der Waals surface area contributed by atoms with Crippen molar-refractivity contribution in [1.29, 1.82) is 0 Å². The van der Waals surface area contributed by atoms with Gasteiger partial charge in [-0.1, -0.05) is 32.9 Å². The lowest BCUT2D eigenvalue weighted by atomic mass is 9.99. The number of nitrogens with two attached hydrogens (primary N) is 1. The summed E-state index contributed by atoms with van der Waals surface area (Å²) >= 11 is 0. The van der Waals surface area contributed by atoms with Crippen LogP contribution in [0, 0.1) is 0 Å². The van der Waals surface area contributed by atoms with Gasteiger partial charge in [-0.05, 0) is 48.6 Å². The summed E-state index contributed by atoms with van der Waals surface area (Å²) in [6.45, 7) is 6.48. The molecule has 3 nitrogen and oxygen atoms in total. The Morgan fingerprint density at radius 2 is 1.67 bits per heavy atom. The van der Waals surface area contributed by atoms with E-state index in [4.69, 9.17) is 10.5 Å². The van der Waals surface area contributed by atoms with Crippen LogP contribution in [0.25, 0.3) is 0 Å². The quantitative estimate of drug-likeness (QED) is 0.829. The third-order valence-electron chi connectivity index (χ3n) is 3.88. The zero-order valence-electron chi connectivity index (χ0n) is 13.0. The summed E-state index contributed by atoms with van der Waals surface area (Å²) in [5.74, 6) is 2.14. The first kappa shape index (κ1) is 15.5. The fourth-order valence-corrected chi connectivity index (χ4v) is 2.12. The van der Waals surface area contributed by atoms with Crippen LogP contribution in [0.5, 0.6) is 11.5 Å². The molecule has 112 valence electrons. The monoisotopic (exact) mass is 284 g/mol. The number of rotatable bonds is 6. The normalized spacial score (nSPS) is 13.7. The van der Waals surface area contributed by atoms with Gasteiger partial charge in [0.05, 0.1) is 11.9 Å². The van der Waals surface area contributed by atoms with Crippen molar-refractivity contribution in [2.75, 3.05) is 0 Å². The van der Waals surface area contributed by atoms with E-state index in [0.717, 1.165) is 30.0 Å². The van der Waals surface area contributed by atoms with Gasteiger partial charge in [-0.15, -0.1) is 0 Å². The Kier molecular flexibility index (Phi) is 5.34. The van der Waals surface area contributed by atoms with Crippen molar-refractivity contribution < 1.29 is 4.74 Å². The second-order valence-electron chi connectivity index (χ2n) is 5.41. The maximum atomic E-state index is 5.95. The van der Waals surface area contributed by atoms with Gasteiger partial charge in [0.15, 0.2) is 0 Å². The highest BCUT2D eigenvalue weighted by atomic mass is 16.5. The molecule has 2 N–H and O–H groups in total. The Morgan fingerprint density at radius 1 is 1.00 bits per heavy atom. The van der Waals surface area contributed by atoms with Crippen LogP contribution >= 0.6 is 0 Å². The van der Waals surface area contributed by atoms with Crippen LogP contribution in [-0.2, 0) is 0 Å². The number of pyridine rings is 1. The van der Waals surface area contributed by atoms with Crippen LogP contribution in [0.1, 0.15) is 56.8 Å². The van der Waals surface area contributed by atoms with E-state index in [-0.39, 0.29) is 6.04 Å². The summed E-state index contributed by atoms with van der Waals surface area (Å²) < 4.78 is 5.81. The fourth-order valence-electron chi connectivity index (χ4n) is 2.12. The zero-order valence-corrected chi connectivity index (χ0v) is 13.0. The molecular formula is C18H24N2O. The van der Waals surface area contributed by atoms with Crippen LogP contribution in [0.2, 0.25) is 0 Å². The maximum Gasteiger partial charge on any atom is 0.145 e. The molecule has 0 radical (unpaired) electrons. The standard InChI is InChI=1S/C18H24N2O/c1-4-13(3)14-6-8-15(9-7-14)21-16-10-11-18(20-12-16)17(19)5-2/h6-13,17H,4-5,19H2,1-3H3/t13?,17-/m0/s1. The van der Waals surface area contributed by atoms with E-state index in [0.29, 0.717) is 5.92 Å². The molecule has 2 rings (SSSR count). The van der Waals surface area contributed by atoms with Gasteiger partial charge in [0.1, 0.15) is 11.5 Å². The molecule has 0 aliphatic rings. The maximum absolute atomic E-state index is 5.95. The van der Waals surface area contributed by atoms with Crippen molar-refractivity contribution in [1.82, 2.24) is 4.98 Å². The van der Waals surface area contributed by atoms with E-state index in [1.807, 2.05) is 24.3 Å². The highest BCUT2D eigenvalue weighted by molar-refractivity contribution is 5.33. The molecule has 0 amide bonds. The number of hydrogen-bond donors (Lipinski definition) is 1. The van der Waals surface area contributed by atoms with E-state index in [2.05, 4.69) is 37.9 Å². The number of benzene rings is 1. The first-order valence-electron chi connectivity index (χ1n) is 7.63. The summed E-state index contributed by atoms with van der Waals surface area (Å²) in [5.41, 5.74) is 8.19. The molecule has 1 unspecified atom stereocenters. The van der Waals surface area contributed by atoms with Crippen molar-refractivity contribution in [2.45, 2.75) is 45.6 Å². The van der Waals surface area contributed by atoms with Gasteiger partial charge >= 0.3 is 0 Å². The Morgan fingerprint density at radius 3 is 2.19 bits per heavy atom. The van der Waals surface area contributed by atoms with Crippen molar-refractivity contribution in [3.63, 3.8) is 0 Å². The molecule has 0 aliphatic carbocycles.